The van der Waals surface area contributed by atoms with Gasteiger partial charge in [-0.05, 0) is 56.2 Å². The molecule has 4 N–H and O–H groups in total. The van der Waals surface area contributed by atoms with Crippen LogP contribution in [-0.2, 0) is 4.79 Å². The molecule has 0 heterocycles. The lowest BCUT2D eigenvalue weighted by Gasteiger charge is -2.17. The van der Waals surface area contributed by atoms with Gasteiger partial charge in [0.2, 0.25) is 0 Å². The Morgan fingerprint density at radius 2 is 1.66 bits per heavy atom. The summed E-state index contributed by atoms with van der Waals surface area (Å²) in [5.74, 6) is -3.05. The third-order valence-electron chi connectivity index (χ3n) is 4.31. The van der Waals surface area contributed by atoms with Crippen LogP contribution in [0.15, 0.2) is 36.4 Å². The molecule has 2 aromatic rings. The molecule has 0 aliphatic rings. The van der Waals surface area contributed by atoms with Crippen LogP contribution in [0.5, 0.6) is 5.75 Å². The first-order valence-electron chi connectivity index (χ1n) is 9.11. The van der Waals surface area contributed by atoms with Gasteiger partial charge in [-0.1, -0.05) is 13.0 Å². The van der Waals surface area contributed by atoms with E-state index in [0.29, 0.717) is 5.69 Å². The van der Waals surface area contributed by atoms with Gasteiger partial charge in [0.1, 0.15) is 5.75 Å². The first-order valence-corrected chi connectivity index (χ1v) is 9.11. The summed E-state index contributed by atoms with van der Waals surface area (Å²) in [6.07, 6.45) is 0.956. The number of carbonyl (C=O) groups is 3. The molecule has 0 aliphatic heterocycles. The lowest BCUT2D eigenvalue weighted by atomic mass is 10.1. The van der Waals surface area contributed by atoms with Gasteiger partial charge in [0, 0.05) is 17.4 Å². The predicted molar refractivity (Wildman–Crippen MR) is 109 cm³/mol. The number of hydrogen-bond donors (Lipinski definition) is 4. The van der Waals surface area contributed by atoms with Crippen molar-refractivity contribution in [2.45, 2.75) is 33.2 Å². The van der Waals surface area contributed by atoms with E-state index in [1.807, 2.05) is 19.1 Å². The molecule has 0 saturated heterocycles. The molecule has 1 amide bonds. The molecule has 8 nitrogen and oxygen atoms in total. The van der Waals surface area contributed by atoms with Crippen molar-refractivity contribution in [3.63, 3.8) is 0 Å². The number of rotatable bonds is 9. The van der Waals surface area contributed by atoms with Crippen molar-refractivity contribution in [1.29, 1.82) is 0 Å². The van der Waals surface area contributed by atoms with Crippen LogP contribution in [0.4, 0.5) is 11.4 Å². The van der Waals surface area contributed by atoms with Gasteiger partial charge < -0.3 is 25.6 Å². The number of nitrogens with one attached hydrogen (secondary N) is 2. The quantitative estimate of drug-likeness (QED) is 0.506. The predicted octanol–water partition coefficient (Wildman–Crippen LogP) is 3.62. The molecule has 8 heteroatoms. The van der Waals surface area contributed by atoms with E-state index in [-0.39, 0.29) is 22.9 Å². The van der Waals surface area contributed by atoms with Crippen LogP contribution in [0.2, 0.25) is 0 Å². The summed E-state index contributed by atoms with van der Waals surface area (Å²) in [6.45, 7) is 5.71. The highest BCUT2D eigenvalue weighted by Crippen LogP contribution is 2.22. The molecule has 154 valence electrons. The molecule has 0 fully saturated rings. The number of aryl methyl sites for hydroxylation is 1. The van der Waals surface area contributed by atoms with E-state index in [4.69, 9.17) is 14.9 Å². The Labute approximate surface area is 168 Å². The monoisotopic (exact) mass is 400 g/mol. The Kier molecular flexibility index (Phi) is 7.19. The third kappa shape index (κ3) is 6.24. The zero-order chi connectivity index (χ0) is 21.6. The second-order valence-electron chi connectivity index (χ2n) is 6.68. The van der Waals surface area contributed by atoms with Crippen LogP contribution in [0.25, 0.3) is 0 Å². The molecule has 0 bridgehead atoms. The minimum atomic E-state index is -1.29. The molecule has 0 aliphatic carbocycles. The second-order valence-corrected chi connectivity index (χ2v) is 6.68. The maximum absolute atomic E-state index is 12.2. The molecular weight excluding hydrogens is 376 g/mol. The maximum Gasteiger partial charge on any atom is 0.335 e. The van der Waals surface area contributed by atoms with E-state index in [1.165, 1.54) is 12.1 Å². The normalized spacial score (nSPS) is 11.4. The Morgan fingerprint density at radius 1 is 1.03 bits per heavy atom. The Morgan fingerprint density at radius 3 is 2.21 bits per heavy atom. The van der Waals surface area contributed by atoms with E-state index < -0.39 is 24.5 Å². The van der Waals surface area contributed by atoms with Gasteiger partial charge in [-0.15, -0.1) is 0 Å². The first-order chi connectivity index (χ1) is 13.7. The van der Waals surface area contributed by atoms with Gasteiger partial charge in [-0.3, -0.25) is 4.79 Å². The molecule has 29 heavy (non-hydrogen) atoms. The van der Waals surface area contributed by atoms with Crippen LogP contribution in [0.1, 0.15) is 46.5 Å². The summed E-state index contributed by atoms with van der Waals surface area (Å²) in [5, 5.41) is 24.2. The number of carboxylic acids is 2. The standard InChI is InChI=1S/C21H24N2O6/c1-4-13(3)22-18-10-16(6-5-12(18)2)23-19(24)11-29-17-8-14(20(25)26)7-15(9-17)21(27)28/h5-10,13,22H,4,11H2,1-3H3,(H,23,24)(H,25,26)(H,27,28). The van der Waals surface area contributed by atoms with Crippen molar-refractivity contribution < 1.29 is 29.3 Å². The average molecular weight is 400 g/mol. The Hall–Kier alpha value is -3.55. The van der Waals surface area contributed by atoms with Crippen LogP contribution < -0.4 is 15.4 Å². The summed E-state index contributed by atoms with van der Waals surface area (Å²) in [7, 11) is 0. The van der Waals surface area contributed by atoms with Gasteiger partial charge in [-0.25, -0.2) is 9.59 Å². The minimum absolute atomic E-state index is 0.0134. The van der Waals surface area contributed by atoms with E-state index in [0.717, 1.165) is 23.7 Å². The lowest BCUT2D eigenvalue weighted by Crippen LogP contribution is -2.21. The highest BCUT2D eigenvalue weighted by molar-refractivity contribution is 5.95. The van der Waals surface area contributed by atoms with Gasteiger partial charge in [-0.2, -0.15) is 0 Å². The molecule has 1 unspecified atom stereocenters. The van der Waals surface area contributed by atoms with Crippen molar-refractivity contribution in [2.75, 3.05) is 17.2 Å². The highest BCUT2D eigenvalue weighted by Gasteiger charge is 2.13. The SMILES string of the molecule is CCC(C)Nc1cc(NC(=O)COc2cc(C(=O)O)cc(C(=O)O)c2)ccc1C. The topological polar surface area (TPSA) is 125 Å². The van der Waals surface area contributed by atoms with Crippen molar-refractivity contribution in [3.05, 3.63) is 53.1 Å². The summed E-state index contributed by atoms with van der Waals surface area (Å²) >= 11 is 0. The fourth-order valence-electron chi connectivity index (χ4n) is 2.50. The Bertz CT molecular complexity index is 893. The number of aromatic carboxylic acids is 2. The average Bonchev–Trinajstić information content (AvgIpc) is 2.68. The van der Waals surface area contributed by atoms with Gasteiger partial charge in [0.15, 0.2) is 6.61 Å². The summed E-state index contributed by atoms with van der Waals surface area (Å²) in [4.78, 5) is 34.5. The number of ether oxygens (including phenoxy) is 1. The maximum atomic E-state index is 12.2. The molecule has 2 aromatic carbocycles. The van der Waals surface area contributed by atoms with Crippen molar-refractivity contribution >= 4 is 29.2 Å². The zero-order valence-corrected chi connectivity index (χ0v) is 16.5. The second kappa shape index (κ2) is 9.59. The van der Waals surface area contributed by atoms with Crippen LogP contribution in [0, 0.1) is 6.92 Å². The zero-order valence-electron chi connectivity index (χ0n) is 16.5. The lowest BCUT2D eigenvalue weighted by molar-refractivity contribution is -0.118. The van der Waals surface area contributed by atoms with Crippen molar-refractivity contribution in [2.24, 2.45) is 0 Å². The number of benzene rings is 2. The van der Waals surface area contributed by atoms with E-state index in [2.05, 4.69) is 24.5 Å². The number of anilines is 2. The fourth-order valence-corrected chi connectivity index (χ4v) is 2.50. The smallest absolute Gasteiger partial charge is 0.335 e. The van der Waals surface area contributed by atoms with E-state index in [9.17, 15) is 14.4 Å². The largest absolute Gasteiger partial charge is 0.484 e. The molecule has 0 spiro atoms. The minimum Gasteiger partial charge on any atom is -0.484 e. The van der Waals surface area contributed by atoms with E-state index in [1.54, 1.807) is 6.07 Å². The number of amides is 1. The molecule has 0 aromatic heterocycles. The molecule has 1 atom stereocenters. The van der Waals surface area contributed by atoms with E-state index >= 15 is 0 Å². The fraction of sp³-hybridized carbons (Fsp3) is 0.286. The number of carboxylic acid groups (broad SMARTS) is 2. The third-order valence-corrected chi connectivity index (χ3v) is 4.31. The van der Waals surface area contributed by atoms with Crippen molar-refractivity contribution in [1.82, 2.24) is 0 Å². The first kappa shape index (κ1) is 21.7. The van der Waals surface area contributed by atoms with Gasteiger partial charge >= 0.3 is 11.9 Å². The summed E-state index contributed by atoms with van der Waals surface area (Å²) < 4.78 is 5.30. The van der Waals surface area contributed by atoms with Crippen LogP contribution in [-0.4, -0.2) is 40.7 Å². The summed E-state index contributed by atoms with van der Waals surface area (Å²) in [6, 6.07) is 9.12. The van der Waals surface area contributed by atoms with Gasteiger partial charge in [0.05, 0.1) is 11.1 Å². The number of hydrogen-bond acceptors (Lipinski definition) is 5. The molecule has 2 rings (SSSR count). The number of carbonyl (C=O) groups excluding carboxylic acids is 1. The Balaban J connectivity index is 2.06. The molecule has 0 radical (unpaired) electrons. The van der Waals surface area contributed by atoms with Crippen LogP contribution >= 0.6 is 0 Å². The highest BCUT2D eigenvalue weighted by atomic mass is 16.5. The van der Waals surface area contributed by atoms with Crippen LogP contribution in [0.3, 0.4) is 0 Å². The molecular formula is C21H24N2O6. The van der Waals surface area contributed by atoms with Gasteiger partial charge in [0.25, 0.3) is 5.91 Å². The molecule has 0 saturated carbocycles. The summed E-state index contributed by atoms with van der Waals surface area (Å²) in [5.41, 5.74) is 2.07. The van der Waals surface area contributed by atoms with Crippen molar-refractivity contribution in [3.8, 4) is 5.75 Å².